The molecular formula is C12H20N4O2. The van der Waals surface area contributed by atoms with Gasteiger partial charge < -0.3 is 15.4 Å². The number of hydrogen-bond donors (Lipinski definition) is 2. The summed E-state index contributed by atoms with van der Waals surface area (Å²) in [6, 6.07) is 1.81. The van der Waals surface area contributed by atoms with Crippen LogP contribution in [0.1, 0.15) is 27.2 Å². The third kappa shape index (κ3) is 5.47. The van der Waals surface area contributed by atoms with E-state index >= 15 is 0 Å². The summed E-state index contributed by atoms with van der Waals surface area (Å²) in [4.78, 5) is 19.4. The molecule has 1 rings (SSSR count). The van der Waals surface area contributed by atoms with Gasteiger partial charge >= 0.3 is 0 Å². The molecular weight excluding hydrogens is 232 g/mol. The summed E-state index contributed by atoms with van der Waals surface area (Å²) in [5, 5.41) is 5.71. The number of nitrogens with one attached hydrogen (secondary N) is 2. The molecule has 0 fully saturated rings. The molecule has 100 valence electrons. The molecule has 0 unspecified atom stereocenters. The summed E-state index contributed by atoms with van der Waals surface area (Å²) < 4.78 is 5.38. The molecule has 0 radical (unpaired) electrons. The van der Waals surface area contributed by atoms with E-state index in [0.29, 0.717) is 18.3 Å². The minimum Gasteiger partial charge on any atom is -0.478 e. The Labute approximate surface area is 107 Å². The molecule has 0 aliphatic heterocycles. The molecule has 0 aliphatic rings. The van der Waals surface area contributed by atoms with Crippen molar-refractivity contribution in [1.82, 2.24) is 15.3 Å². The molecule has 6 heteroatoms. The summed E-state index contributed by atoms with van der Waals surface area (Å²) in [5.41, 5.74) is 0. The van der Waals surface area contributed by atoms with Gasteiger partial charge in [-0.15, -0.1) is 0 Å². The summed E-state index contributed by atoms with van der Waals surface area (Å²) in [7, 11) is 0. The van der Waals surface area contributed by atoms with Gasteiger partial charge in [-0.05, 0) is 20.3 Å². The van der Waals surface area contributed by atoms with E-state index in [4.69, 9.17) is 4.74 Å². The maximum absolute atomic E-state index is 11.4. The fraction of sp³-hybridized carbons (Fsp3) is 0.583. The first-order chi connectivity index (χ1) is 8.61. The summed E-state index contributed by atoms with van der Waals surface area (Å²) in [6.07, 6.45) is 2.33. The second-order valence-corrected chi connectivity index (χ2v) is 4.17. The predicted molar refractivity (Wildman–Crippen MR) is 69.6 cm³/mol. The largest absolute Gasteiger partial charge is 0.478 e. The van der Waals surface area contributed by atoms with Crippen LogP contribution in [0.15, 0.2) is 12.4 Å². The lowest BCUT2D eigenvalue weighted by atomic mass is 10.4. The van der Waals surface area contributed by atoms with Crippen LogP contribution in [-0.4, -0.2) is 35.1 Å². The maximum atomic E-state index is 11.4. The normalized spacial score (nSPS) is 10.2. The van der Waals surface area contributed by atoms with Crippen molar-refractivity contribution >= 4 is 11.7 Å². The van der Waals surface area contributed by atoms with Crippen LogP contribution in [-0.2, 0) is 4.79 Å². The van der Waals surface area contributed by atoms with Gasteiger partial charge in [0.25, 0.3) is 0 Å². The van der Waals surface area contributed by atoms with Crippen molar-refractivity contribution in [3.8, 4) is 5.88 Å². The van der Waals surface area contributed by atoms with E-state index in [1.165, 1.54) is 6.33 Å². The summed E-state index contributed by atoms with van der Waals surface area (Å²) in [5.74, 6) is 1.02. The van der Waals surface area contributed by atoms with Crippen molar-refractivity contribution in [3.05, 3.63) is 12.4 Å². The fourth-order valence-electron chi connectivity index (χ4n) is 1.27. The number of ether oxygens (including phenoxy) is 1. The molecule has 1 heterocycles. The number of carbonyl (C=O) groups is 1. The van der Waals surface area contributed by atoms with Crippen molar-refractivity contribution in [2.45, 2.75) is 33.2 Å². The smallest absolute Gasteiger partial charge is 0.239 e. The molecule has 2 N–H and O–H groups in total. The highest BCUT2D eigenvalue weighted by atomic mass is 16.5. The van der Waals surface area contributed by atoms with Crippen LogP contribution in [0.5, 0.6) is 5.88 Å². The lowest BCUT2D eigenvalue weighted by molar-refractivity contribution is -0.119. The number of rotatable bonds is 7. The highest BCUT2D eigenvalue weighted by molar-refractivity contribution is 5.80. The van der Waals surface area contributed by atoms with Gasteiger partial charge in [0.05, 0.1) is 13.2 Å². The second-order valence-electron chi connectivity index (χ2n) is 4.17. The van der Waals surface area contributed by atoms with Gasteiger partial charge in [0.2, 0.25) is 11.8 Å². The van der Waals surface area contributed by atoms with Crippen LogP contribution >= 0.6 is 0 Å². The van der Waals surface area contributed by atoms with Gasteiger partial charge in [-0.2, -0.15) is 0 Å². The molecule has 0 spiro atoms. The Morgan fingerprint density at radius 1 is 1.44 bits per heavy atom. The van der Waals surface area contributed by atoms with E-state index in [0.717, 1.165) is 6.42 Å². The van der Waals surface area contributed by atoms with Gasteiger partial charge in [0.15, 0.2) is 0 Å². The number of nitrogens with zero attached hydrogens (tertiary/aromatic N) is 2. The quantitative estimate of drug-likeness (QED) is 0.762. The molecule has 1 amide bonds. The third-order valence-corrected chi connectivity index (χ3v) is 1.98. The lowest BCUT2D eigenvalue weighted by Crippen LogP contribution is -2.34. The maximum Gasteiger partial charge on any atom is 0.239 e. The summed E-state index contributed by atoms with van der Waals surface area (Å²) in [6.45, 7) is 6.65. The molecule has 6 nitrogen and oxygen atoms in total. The molecule has 0 aromatic carbocycles. The number of hydrogen-bond acceptors (Lipinski definition) is 5. The molecule has 0 aliphatic carbocycles. The first kappa shape index (κ1) is 14.2. The van der Waals surface area contributed by atoms with E-state index in [1.807, 2.05) is 20.8 Å². The second kappa shape index (κ2) is 7.47. The Bertz CT molecular complexity index is 382. The molecule has 18 heavy (non-hydrogen) atoms. The summed E-state index contributed by atoms with van der Waals surface area (Å²) >= 11 is 0. The Morgan fingerprint density at radius 2 is 2.22 bits per heavy atom. The van der Waals surface area contributed by atoms with Crippen LogP contribution < -0.4 is 15.4 Å². The number of amides is 1. The van der Waals surface area contributed by atoms with Crippen molar-refractivity contribution in [1.29, 1.82) is 0 Å². The van der Waals surface area contributed by atoms with E-state index < -0.39 is 0 Å². The van der Waals surface area contributed by atoms with E-state index in [-0.39, 0.29) is 18.5 Å². The van der Waals surface area contributed by atoms with E-state index in [1.54, 1.807) is 6.07 Å². The predicted octanol–water partition coefficient (Wildman–Crippen LogP) is 1.20. The molecule has 0 saturated heterocycles. The van der Waals surface area contributed by atoms with Crippen LogP contribution in [0.2, 0.25) is 0 Å². The van der Waals surface area contributed by atoms with Crippen molar-refractivity contribution in [2.24, 2.45) is 0 Å². The van der Waals surface area contributed by atoms with Gasteiger partial charge in [-0.1, -0.05) is 6.92 Å². The first-order valence-electron chi connectivity index (χ1n) is 6.10. The van der Waals surface area contributed by atoms with Gasteiger partial charge in [0, 0.05) is 12.1 Å². The number of aromatic nitrogens is 2. The average Bonchev–Trinajstić information content (AvgIpc) is 2.33. The highest BCUT2D eigenvalue weighted by Gasteiger charge is 2.04. The zero-order valence-corrected chi connectivity index (χ0v) is 11.1. The highest BCUT2D eigenvalue weighted by Crippen LogP contribution is 2.10. The molecule has 0 bridgehead atoms. The van der Waals surface area contributed by atoms with Gasteiger partial charge in [-0.25, -0.2) is 9.97 Å². The van der Waals surface area contributed by atoms with Crippen LogP contribution in [0, 0.1) is 0 Å². The monoisotopic (exact) mass is 252 g/mol. The fourth-order valence-corrected chi connectivity index (χ4v) is 1.27. The standard InChI is InChI=1S/C12H20N4O2/c1-4-5-18-12-6-10(14-8-15-12)13-7-11(17)16-9(2)3/h6,8-9H,4-5,7H2,1-3H3,(H,16,17)(H,13,14,15). The lowest BCUT2D eigenvalue weighted by Gasteiger charge is -2.10. The molecule has 1 aromatic heterocycles. The van der Waals surface area contributed by atoms with E-state index in [9.17, 15) is 4.79 Å². The Hall–Kier alpha value is -1.85. The Morgan fingerprint density at radius 3 is 2.89 bits per heavy atom. The number of carbonyl (C=O) groups excluding carboxylic acids is 1. The molecule has 1 aromatic rings. The minimum atomic E-state index is -0.0698. The molecule has 0 atom stereocenters. The van der Waals surface area contributed by atoms with Gasteiger partial charge in [-0.3, -0.25) is 4.79 Å². The first-order valence-corrected chi connectivity index (χ1v) is 6.10. The van der Waals surface area contributed by atoms with Crippen LogP contribution in [0.4, 0.5) is 5.82 Å². The van der Waals surface area contributed by atoms with Crippen LogP contribution in [0.3, 0.4) is 0 Å². The minimum absolute atomic E-state index is 0.0698. The van der Waals surface area contributed by atoms with Gasteiger partial charge in [0.1, 0.15) is 12.1 Å². The van der Waals surface area contributed by atoms with E-state index in [2.05, 4.69) is 20.6 Å². The average molecular weight is 252 g/mol. The topological polar surface area (TPSA) is 76.1 Å². The Balaban J connectivity index is 2.44. The SMILES string of the molecule is CCCOc1cc(NCC(=O)NC(C)C)ncn1. The zero-order valence-electron chi connectivity index (χ0n) is 11.1. The molecule has 0 saturated carbocycles. The van der Waals surface area contributed by atoms with Crippen LogP contribution in [0.25, 0.3) is 0 Å². The number of anilines is 1. The Kier molecular flexibility index (Phi) is 5.90. The van der Waals surface area contributed by atoms with Crippen molar-refractivity contribution < 1.29 is 9.53 Å². The third-order valence-electron chi connectivity index (χ3n) is 1.98. The van der Waals surface area contributed by atoms with Crippen molar-refractivity contribution in [3.63, 3.8) is 0 Å². The van der Waals surface area contributed by atoms with Crippen molar-refractivity contribution in [2.75, 3.05) is 18.5 Å². The zero-order chi connectivity index (χ0) is 13.4.